The maximum Gasteiger partial charge on any atom is 0.402 e. The molecule has 5 unspecified atom stereocenters. The molecule has 0 saturated carbocycles. The summed E-state index contributed by atoms with van der Waals surface area (Å²) in [5.41, 5.74) is 3.14. The fourth-order valence-electron chi connectivity index (χ4n) is 7.09. The van der Waals surface area contributed by atoms with Gasteiger partial charge in [0.25, 0.3) is 0 Å². The molecule has 6 nitrogen and oxygen atoms in total. The topological polar surface area (TPSA) is 65.0 Å². The van der Waals surface area contributed by atoms with Crippen molar-refractivity contribution >= 4 is 11.7 Å². The van der Waals surface area contributed by atoms with E-state index in [0.29, 0.717) is 13.2 Å². The first-order chi connectivity index (χ1) is 17.3. The van der Waals surface area contributed by atoms with Gasteiger partial charge in [0, 0.05) is 62.4 Å². The molecule has 1 spiro atoms. The molecular weight excluding hydrogens is 504 g/mol. The van der Waals surface area contributed by atoms with E-state index in [-0.39, 0.29) is 18.5 Å². The van der Waals surface area contributed by atoms with Crippen LogP contribution in [0.15, 0.2) is 18.2 Å². The third-order valence-electron chi connectivity index (χ3n) is 8.73. The van der Waals surface area contributed by atoms with Gasteiger partial charge in [-0.3, -0.25) is 9.69 Å². The molecule has 0 radical (unpaired) electrons. The van der Waals surface area contributed by atoms with Crippen LogP contribution < -0.4 is 10.2 Å². The number of anilines is 1. The third kappa shape index (κ3) is 4.92. The van der Waals surface area contributed by atoms with Crippen LogP contribution in [0.4, 0.5) is 32.0 Å². The normalized spacial score (nSPS) is 32.7. The molecule has 4 aliphatic rings. The lowest BCUT2D eigenvalue weighted by Gasteiger charge is -2.32. The van der Waals surface area contributed by atoms with E-state index in [4.69, 9.17) is 4.74 Å². The first kappa shape index (κ1) is 26.6. The summed E-state index contributed by atoms with van der Waals surface area (Å²) in [6.45, 7) is 5.52. The summed E-state index contributed by atoms with van der Waals surface area (Å²) in [4.78, 5) is 15.9. The number of aliphatic carboxylic acids is 1. The quantitative estimate of drug-likeness (QED) is 0.559. The van der Waals surface area contributed by atoms with E-state index in [0.717, 1.165) is 49.4 Å². The number of carbonyl (C=O) groups is 1. The van der Waals surface area contributed by atoms with Crippen LogP contribution in [0.5, 0.6) is 0 Å². The number of benzene rings is 1. The Kier molecular flexibility index (Phi) is 6.68. The Balaban J connectivity index is 1.38. The summed E-state index contributed by atoms with van der Waals surface area (Å²) in [5, 5.41) is 11.8. The molecule has 5 rings (SSSR count). The van der Waals surface area contributed by atoms with Crippen LogP contribution in [0.3, 0.4) is 0 Å². The molecule has 37 heavy (non-hydrogen) atoms. The van der Waals surface area contributed by atoms with Crippen LogP contribution in [0.1, 0.15) is 24.0 Å². The van der Waals surface area contributed by atoms with E-state index < -0.39 is 48.2 Å². The second kappa shape index (κ2) is 9.30. The predicted molar refractivity (Wildman–Crippen MR) is 122 cm³/mol. The van der Waals surface area contributed by atoms with Gasteiger partial charge in [-0.2, -0.15) is 26.3 Å². The van der Waals surface area contributed by atoms with E-state index >= 15 is 0 Å². The zero-order valence-electron chi connectivity index (χ0n) is 20.4. The Hall–Kier alpha value is -2.05. The molecule has 4 saturated heterocycles. The number of hydrogen-bond acceptors (Lipinski definition) is 5. The van der Waals surface area contributed by atoms with Crippen LogP contribution in [0, 0.1) is 30.1 Å². The van der Waals surface area contributed by atoms with Gasteiger partial charge in [0.15, 0.2) is 5.92 Å². The van der Waals surface area contributed by atoms with Crippen molar-refractivity contribution in [1.82, 2.24) is 10.2 Å². The van der Waals surface area contributed by atoms with Gasteiger partial charge in [-0.15, -0.1) is 0 Å². The molecule has 4 heterocycles. The number of ether oxygens (including phenoxy) is 1. The van der Waals surface area contributed by atoms with Crippen molar-refractivity contribution in [2.24, 2.45) is 23.2 Å². The number of halogens is 6. The van der Waals surface area contributed by atoms with Gasteiger partial charge in [-0.1, -0.05) is 18.2 Å². The summed E-state index contributed by atoms with van der Waals surface area (Å²) in [5.74, 6) is -7.00. The zero-order valence-corrected chi connectivity index (χ0v) is 20.4. The summed E-state index contributed by atoms with van der Waals surface area (Å²) in [6.07, 6.45) is -9.09. The predicted octanol–water partition coefficient (Wildman–Crippen LogP) is 3.83. The fraction of sp³-hybridized carbons (Fsp3) is 0.720. The first-order valence-electron chi connectivity index (χ1n) is 12.5. The summed E-state index contributed by atoms with van der Waals surface area (Å²) in [6, 6.07) is 2.30. The number of carboxylic acid groups (broad SMARTS) is 1. The number of nitrogens with one attached hydrogen (secondary N) is 1. The second-order valence-corrected chi connectivity index (χ2v) is 11.1. The number of likely N-dealkylation sites (tertiary alicyclic amines) is 1. The van der Waals surface area contributed by atoms with Crippen molar-refractivity contribution in [2.75, 3.05) is 44.3 Å². The van der Waals surface area contributed by atoms with Gasteiger partial charge >= 0.3 is 18.3 Å². The van der Waals surface area contributed by atoms with Crippen molar-refractivity contribution in [1.29, 1.82) is 0 Å². The monoisotopic (exact) mass is 535 g/mol. The standard InChI is InChI=1S/C25H31F6N3O3/c1-14-3-2-4-15(20(14)34-7-5-23(12-34)6-8-37-13-23)9-33-10-16-17(11-33)19(22(35)36)32-18(16)21(24(26,27)28)25(29,30)31/h2-4,16-19,21,32H,5-13H2,1H3,(H,35,36). The molecule has 1 aromatic carbocycles. The maximum atomic E-state index is 13.6. The van der Waals surface area contributed by atoms with Crippen molar-refractivity contribution < 1.29 is 41.0 Å². The van der Waals surface area contributed by atoms with Gasteiger partial charge < -0.3 is 20.1 Å². The Morgan fingerprint density at radius 2 is 1.86 bits per heavy atom. The molecule has 206 valence electrons. The highest BCUT2D eigenvalue weighted by Gasteiger charge is 2.66. The summed E-state index contributed by atoms with van der Waals surface area (Å²) < 4.78 is 87.0. The third-order valence-corrected chi connectivity index (χ3v) is 8.73. The number of alkyl halides is 6. The van der Waals surface area contributed by atoms with Crippen molar-refractivity contribution in [3.8, 4) is 0 Å². The Morgan fingerprint density at radius 3 is 2.49 bits per heavy atom. The molecule has 0 aromatic heterocycles. The molecule has 0 bridgehead atoms. The molecule has 0 amide bonds. The van der Waals surface area contributed by atoms with Crippen molar-refractivity contribution in [3.05, 3.63) is 29.3 Å². The van der Waals surface area contributed by atoms with Crippen LogP contribution >= 0.6 is 0 Å². The first-order valence-corrected chi connectivity index (χ1v) is 12.5. The van der Waals surface area contributed by atoms with Gasteiger partial charge in [0.2, 0.25) is 0 Å². The minimum atomic E-state index is -5.54. The van der Waals surface area contributed by atoms with E-state index in [2.05, 4.69) is 10.2 Å². The van der Waals surface area contributed by atoms with Gasteiger partial charge in [0.1, 0.15) is 6.04 Å². The van der Waals surface area contributed by atoms with Crippen LogP contribution in [0.25, 0.3) is 0 Å². The van der Waals surface area contributed by atoms with E-state index in [1.165, 1.54) is 0 Å². The fourth-order valence-corrected chi connectivity index (χ4v) is 7.09. The molecule has 1 aromatic rings. The highest BCUT2D eigenvalue weighted by molar-refractivity contribution is 5.74. The van der Waals surface area contributed by atoms with Gasteiger partial charge in [-0.25, -0.2) is 0 Å². The smallest absolute Gasteiger partial charge is 0.402 e. The SMILES string of the molecule is Cc1cccc(CN2CC3C(C(=O)O)NC(C(C(F)(F)F)C(F)(F)F)C3C2)c1N1CCC2(CCOC2)C1. The molecule has 12 heteroatoms. The molecule has 4 fully saturated rings. The molecule has 4 aliphatic heterocycles. The highest BCUT2D eigenvalue weighted by atomic mass is 19.4. The highest BCUT2D eigenvalue weighted by Crippen LogP contribution is 2.49. The Bertz CT molecular complexity index is 1010. The minimum absolute atomic E-state index is 0.0417. The van der Waals surface area contributed by atoms with Crippen molar-refractivity contribution in [2.45, 2.75) is 50.7 Å². The number of aryl methyl sites for hydroxylation is 1. The number of para-hydroxylation sites is 1. The lowest BCUT2D eigenvalue weighted by molar-refractivity contribution is -0.293. The van der Waals surface area contributed by atoms with Gasteiger partial charge in [-0.05, 0) is 36.8 Å². The van der Waals surface area contributed by atoms with E-state index in [1.807, 2.05) is 30.0 Å². The molecule has 5 atom stereocenters. The minimum Gasteiger partial charge on any atom is -0.480 e. The van der Waals surface area contributed by atoms with E-state index in [9.17, 15) is 36.2 Å². The number of carboxylic acids is 1. The van der Waals surface area contributed by atoms with Crippen LogP contribution in [0.2, 0.25) is 0 Å². The molecule has 2 N–H and O–H groups in total. The largest absolute Gasteiger partial charge is 0.480 e. The lowest BCUT2D eigenvalue weighted by atomic mass is 9.84. The van der Waals surface area contributed by atoms with Crippen molar-refractivity contribution in [3.63, 3.8) is 0 Å². The van der Waals surface area contributed by atoms with Crippen LogP contribution in [-0.2, 0) is 16.1 Å². The number of rotatable bonds is 5. The van der Waals surface area contributed by atoms with Crippen LogP contribution in [-0.4, -0.2) is 79.8 Å². The number of nitrogens with zero attached hydrogens (tertiary/aromatic N) is 2. The Morgan fingerprint density at radius 1 is 1.16 bits per heavy atom. The summed E-state index contributed by atoms with van der Waals surface area (Å²) >= 11 is 0. The average molecular weight is 536 g/mol. The lowest BCUT2D eigenvalue weighted by Crippen LogP contribution is -2.53. The summed E-state index contributed by atoms with van der Waals surface area (Å²) in [7, 11) is 0. The second-order valence-electron chi connectivity index (χ2n) is 11.1. The number of fused-ring (bicyclic) bond motifs is 1. The zero-order chi connectivity index (χ0) is 26.8. The van der Waals surface area contributed by atoms with E-state index in [1.54, 1.807) is 0 Å². The maximum absolute atomic E-state index is 13.6. The Labute approximate surface area is 210 Å². The van der Waals surface area contributed by atoms with Gasteiger partial charge in [0.05, 0.1) is 6.61 Å². The number of hydrogen-bond donors (Lipinski definition) is 2. The average Bonchev–Trinajstić information content (AvgIpc) is 3.54. The molecular formula is C25H31F6N3O3. The molecule has 0 aliphatic carbocycles.